The van der Waals surface area contributed by atoms with E-state index in [1.54, 1.807) is 12.3 Å². The lowest BCUT2D eigenvalue weighted by molar-refractivity contribution is -0.0819. The number of hydrogen-bond donors (Lipinski definition) is 1. The first kappa shape index (κ1) is 13.3. The van der Waals surface area contributed by atoms with Crippen LogP contribution in [0.25, 0.3) is 0 Å². The van der Waals surface area contributed by atoms with Crippen molar-refractivity contribution in [1.29, 1.82) is 0 Å². The molecule has 1 aromatic rings. The summed E-state index contributed by atoms with van der Waals surface area (Å²) in [4.78, 5) is 4.24. The van der Waals surface area contributed by atoms with Crippen LogP contribution in [0.15, 0.2) is 23.2 Å². The topological polar surface area (TPSA) is 77.5 Å². The first-order chi connectivity index (χ1) is 8.57. The van der Waals surface area contributed by atoms with Crippen molar-refractivity contribution in [3.05, 3.63) is 18.3 Å². The molecule has 6 nitrogen and oxygen atoms in total. The third-order valence-corrected chi connectivity index (χ3v) is 3.68. The minimum Gasteiger partial charge on any atom is -0.376 e. The van der Waals surface area contributed by atoms with Crippen molar-refractivity contribution in [2.24, 2.45) is 0 Å². The summed E-state index contributed by atoms with van der Waals surface area (Å²) in [6.45, 7) is 2.15. The van der Waals surface area contributed by atoms with Crippen LogP contribution in [-0.4, -0.2) is 52.1 Å². The molecule has 1 unspecified atom stereocenters. The lowest BCUT2D eigenvalue weighted by Crippen LogP contribution is -2.34. The van der Waals surface area contributed by atoms with E-state index in [9.17, 15) is 8.42 Å². The average molecular weight is 272 g/mol. The Bertz CT molecular complexity index is 498. The maximum Gasteiger partial charge on any atom is 0.179 e. The molecular weight excluding hydrogens is 256 g/mol. The van der Waals surface area contributed by atoms with Crippen molar-refractivity contribution >= 4 is 15.7 Å². The molecule has 2 heterocycles. The van der Waals surface area contributed by atoms with Gasteiger partial charge < -0.3 is 14.8 Å². The zero-order valence-corrected chi connectivity index (χ0v) is 10.9. The van der Waals surface area contributed by atoms with Gasteiger partial charge in [0.25, 0.3) is 0 Å². The van der Waals surface area contributed by atoms with Crippen LogP contribution >= 0.6 is 0 Å². The third-order valence-electron chi connectivity index (χ3n) is 2.55. The minimum absolute atomic E-state index is 0.0758. The zero-order chi connectivity index (χ0) is 13.0. The number of pyridine rings is 1. The van der Waals surface area contributed by atoms with Gasteiger partial charge in [0.15, 0.2) is 9.84 Å². The molecule has 100 valence electrons. The Balaban J connectivity index is 2.05. The summed E-state index contributed by atoms with van der Waals surface area (Å²) in [7, 11) is -3.28. The van der Waals surface area contributed by atoms with Gasteiger partial charge in [-0.1, -0.05) is 0 Å². The zero-order valence-electron chi connectivity index (χ0n) is 10.1. The Kier molecular flexibility index (Phi) is 4.15. The van der Waals surface area contributed by atoms with Crippen LogP contribution < -0.4 is 5.32 Å². The number of nitrogens with zero attached hydrogens (tertiary/aromatic N) is 1. The molecule has 0 saturated carbocycles. The third kappa shape index (κ3) is 3.41. The number of sulfone groups is 1. The summed E-state index contributed by atoms with van der Waals surface area (Å²) >= 11 is 0. The lowest BCUT2D eigenvalue weighted by atomic mass is 10.3. The molecule has 0 amide bonds. The fourth-order valence-corrected chi connectivity index (χ4v) is 2.49. The van der Waals surface area contributed by atoms with E-state index in [4.69, 9.17) is 9.47 Å². The number of aromatic nitrogens is 1. The highest BCUT2D eigenvalue weighted by Gasteiger charge is 2.17. The molecule has 1 fully saturated rings. The Labute approximate surface area is 106 Å². The van der Waals surface area contributed by atoms with Gasteiger partial charge in [0, 0.05) is 19.0 Å². The summed E-state index contributed by atoms with van der Waals surface area (Å²) in [6, 6.07) is 3.13. The van der Waals surface area contributed by atoms with Gasteiger partial charge >= 0.3 is 0 Å². The van der Waals surface area contributed by atoms with E-state index in [0.717, 1.165) is 6.26 Å². The monoisotopic (exact) mass is 272 g/mol. The fraction of sp³-hybridized carbons (Fsp3) is 0.545. The molecule has 1 aliphatic rings. The van der Waals surface area contributed by atoms with E-state index >= 15 is 0 Å². The number of nitrogens with one attached hydrogen (secondary N) is 1. The van der Waals surface area contributed by atoms with Gasteiger partial charge in [-0.2, -0.15) is 0 Å². The molecular formula is C11H16N2O4S. The molecule has 0 aliphatic carbocycles. The molecule has 7 heteroatoms. The highest BCUT2D eigenvalue weighted by atomic mass is 32.2. The van der Waals surface area contributed by atoms with E-state index in [0.29, 0.717) is 32.2 Å². The van der Waals surface area contributed by atoms with Crippen LogP contribution in [0.3, 0.4) is 0 Å². The van der Waals surface area contributed by atoms with Crippen molar-refractivity contribution in [1.82, 2.24) is 4.98 Å². The molecule has 1 aromatic heterocycles. The molecule has 1 N–H and O–H groups in total. The molecule has 18 heavy (non-hydrogen) atoms. The number of ether oxygens (including phenoxy) is 2. The predicted molar refractivity (Wildman–Crippen MR) is 66.4 cm³/mol. The Morgan fingerprint density at radius 3 is 3.00 bits per heavy atom. The summed E-state index contributed by atoms with van der Waals surface area (Å²) in [5.41, 5.74) is 0. The first-order valence-electron chi connectivity index (χ1n) is 5.65. The Morgan fingerprint density at radius 2 is 2.33 bits per heavy atom. The normalized spacial score (nSPS) is 20.6. The minimum atomic E-state index is -3.28. The van der Waals surface area contributed by atoms with Gasteiger partial charge in [0.05, 0.1) is 25.9 Å². The SMILES string of the molecule is CS(=O)(=O)c1cccnc1NCC1COCCO1. The Hall–Kier alpha value is -1.18. The number of hydrogen-bond acceptors (Lipinski definition) is 6. The van der Waals surface area contributed by atoms with E-state index in [-0.39, 0.29) is 11.0 Å². The molecule has 1 atom stereocenters. The van der Waals surface area contributed by atoms with Crippen molar-refractivity contribution in [2.75, 3.05) is 37.9 Å². The maximum absolute atomic E-state index is 11.6. The molecule has 1 saturated heterocycles. The summed E-state index contributed by atoms with van der Waals surface area (Å²) in [6.07, 6.45) is 2.64. The predicted octanol–water partition coefficient (Wildman–Crippen LogP) is 0.312. The van der Waals surface area contributed by atoms with Crippen molar-refractivity contribution < 1.29 is 17.9 Å². The second kappa shape index (κ2) is 5.64. The van der Waals surface area contributed by atoms with Crippen LogP contribution in [0, 0.1) is 0 Å². The molecule has 0 radical (unpaired) electrons. The van der Waals surface area contributed by atoms with Crippen LogP contribution in [0.4, 0.5) is 5.82 Å². The van der Waals surface area contributed by atoms with Crippen molar-refractivity contribution in [3.63, 3.8) is 0 Å². The molecule has 0 bridgehead atoms. The summed E-state index contributed by atoms with van der Waals surface area (Å²) in [5, 5.41) is 2.99. The second-order valence-corrected chi connectivity index (χ2v) is 6.06. The number of rotatable bonds is 4. The number of anilines is 1. The van der Waals surface area contributed by atoms with E-state index in [2.05, 4.69) is 10.3 Å². The molecule has 0 aromatic carbocycles. The second-order valence-electron chi connectivity index (χ2n) is 4.07. The smallest absolute Gasteiger partial charge is 0.179 e. The van der Waals surface area contributed by atoms with Crippen LogP contribution in [0.1, 0.15) is 0 Å². The average Bonchev–Trinajstić information content (AvgIpc) is 2.37. The summed E-state index contributed by atoms with van der Waals surface area (Å²) in [5.74, 6) is 0.356. The van der Waals surface area contributed by atoms with Crippen molar-refractivity contribution in [3.8, 4) is 0 Å². The van der Waals surface area contributed by atoms with Gasteiger partial charge in [-0.25, -0.2) is 13.4 Å². The highest BCUT2D eigenvalue weighted by molar-refractivity contribution is 7.90. The van der Waals surface area contributed by atoms with Gasteiger partial charge in [-0.15, -0.1) is 0 Å². The van der Waals surface area contributed by atoms with E-state index < -0.39 is 9.84 Å². The lowest BCUT2D eigenvalue weighted by Gasteiger charge is -2.23. The van der Waals surface area contributed by atoms with Gasteiger partial charge in [0.2, 0.25) is 0 Å². The highest BCUT2D eigenvalue weighted by Crippen LogP contribution is 2.17. The van der Waals surface area contributed by atoms with Crippen LogP contribution in [-0.2, 0) is 19.3 Å². The quantitative estimate of drug-likeness (QED) is 0.850. The molecule has 2 rings (SSSR count). The van der Waals surface area contributed by atoms with Gasteiger partial charge in [-0.05, 0) is 12.1 Å². The molecule has 0 spiro atoms. The fourth-order valence-electron chi connectivity index (χ4n) is 1.69. The standard InChI is InChI=1S/C11H16N2O4S/c1-18(14,15)10-3-2-4-12-11(10)13-7-9-8-16-5-6-17-9/h2-4,9H,5-8H2,1H3,(H,12,13). The van der Waals surface area contributed by atoms with E-state index in [1.165, 1.54) is 6.07 Å². The van der Waals surface area contributed by atoms with Crippen LogP contribution in [0.5, 0.6) is 0 Å². The van der Waals surface area contributed by atoms with Crippen LogP contribution in [0.2, 0.25) is 0 Å². The largest absolute Gasteiger partial charge is 0.376 e. The van der Waals surface area contributed by atoms with Gasteiger partial charge in [-0.3, -0.25) is 0 Å². The van der Waals surface area contributed by atoms with Crippen molar-refractivity contribution in [2.45, 2.75) is 11.0 Å². The van der Waals surface area contributed by atoms with E-state index in [1.807, 2.05) is 0 Å². The molecule has 1 aliphatic heterocycles. The summed E-state index contributed by atoms with van der Waals surface area (Å²) < 4.78 is 33.9. The Morgan fingerprint density at radius 1 is 1.50 bits per heavy atom. The first-order valence-corrected chi connectivity index (χ1v) is 7.55. The maximum atomic E-state index is 11.6. The van der Waals surface area contributed by atoms with Gasteiger partial charge in [0.1, 0.15) is 10.7 Å².